The first-order chi connectivity index (χ1) is 15.5. The zero-order chi connectivity index (χ0) is 22.8. The van der Waals surface area contributed by atoms with Gasteiger partial charge in [0.05, 0.1) is 0 Å². The zero-order valence-electron chi connectivity index (χ0n) is 18.5. The molecule has 3 aromatic carbocycles. The Morgan fingerprint density at radius 1 is 0.750 bits per heavy atom. The van der Waals surface area contributed by atoms with Crippen LogP contribution in [0.2, 0.25) is 0 Å². The molecule has 0 heterocycles. The molecular formula is C27H29NO4. The summed E-state index contributed by atoms with van der Waals surface area (Å²) in [5.41, 5.74) is 2.90. The fourth-order valence-electron chi connectivity index (χ4n) is 3.06. The van der Waals surface area contributed by atoms with Crippen molar-refractivity contribution in [3.05, 3.63) is 102 Å². The summed E-state index contributed by atoms with van der Waals surface area (Å²) in [6, 6.07) is 26.2. The lowest BCUT2D eigenvalue weighted by Crippen LogP contribution is -2.44. The van der Waals surface area contributed by atoms with E-state index >= 15 is 0 Å². The Kier molecular flexibility index (Phi) is 8.44. The van der Waals surface area contributed by atoms with Gasteiger partial charge in [-0.1, -0.05) is 86.6 Å². The van der Waals surface area contributed by atoms with Crippen LogP contribution in [0.5, 0.6) is 5.75 Å². The van der Waals surface area contributed by atoms with E-state index in [1.165, 1.54) is 0 Å². The molecule has 0 saturated heterocycles. The third-order valence-corrected chi connectivity index (χ3v) is 4.96. The summed E-state index contributed by atoms with van der Waals surface area (Å²) in [5.74, 6) is -0.123. The van der Waals surface area contributed by atoms with Crippen LogP contribution in [0.3, 0.4) is 0 Å². The standard InChI is InChI=1S/C27H29NO4/c1-20(2)26(29)28-25(27(30)32-19-23-11-7-4-8-12-23)17-21-13-15-24(16-14-21)31-18-22-9-5-3-6-10-22/h3-16,20,25H,17-19H2,1-2H3,(H,28,29)/t25-/m0/s1. The van der Waals surface area contributed by atoms with E-state index < -0.39 is 12.0 Å². The Morgan fingerprint density at radius 2 is 1.31 bits per heavy atom. The number of ether oxygens (including phenoxy) is 2. The summed E-state index contributed by atoms with van der Waals surface area (Å²) < 4.78 is 11.3. The van der Waals surface area contributed by atoms with Crippen molar-refractivity contribution in [2.24, 2.45) is 5.92 Å². The van der Waals surface area contributed by atoms with Crippen molar-refractivity contribution >= 4 is 11.9 Å². The smallest absolute Gasteiger partial charge is 0.329 e. The first kappa shape index (κ1) is 23.1. The molecule has 0 spiro atoms. The van der Waals surface area contributed by atoms with Crippen LogP contribution in [0.1, 0.15) is 30.5 Å². The van der Waals surface area contributed by atoms with Gasteiger partial charge in [-0.05, 0) is 28.8 Å². The Labute approximate surface area is 189 Å². The van der Waals surface area contributed by atoms with Gasteiger partial charge in [0, 0.05) is 12.3 Å². The van der Waals surface area contributed by atoms with Crippen LogP contribution in [0.15, 0.2) is 84.9 Å². The van der Waals surface area contributed by atoms with Gasteiger partial charge in [0.2, 0.25) is 5.91 Å². The quantitative estimate of drug-likeness (QED) is 0.473. The molecular weight excluding hydrogens is 402 g/mol. The topological polar surface area (TPSA) is 64.6 Å². The van der Waals surface area contributed by atoms with Gasteiger partial charge in [-0.2, -0.15) is 0 Å². The summed E-state index contributed by atoms with van der Waals surface area (Å²) in [4.78, 5) is 25.0. The Morgan fingerprint density at radius 3 is 1.88 bits per heavy atom. The summed E-state index contributed by atoms with van der Waals surface area (Å²) in [5, 5.41) is 2.82. The largest absolute Gasteiger partial charge is 0.489 e. The second-order valence-corrected chi connectivity index (χ2v) is 7.93. The molecule has 0 unspecified atom stereocenters. The Balaban J connectivity index is 1.61. The second kappa shape index (κ2) is 11.7. The normalized spacial score (nSPS) is 11.6. The second-order valence-electron chi connectivity index (χ2n) is 7.93. The maximum absolute atomic E-state index is 12.7. The molecule has 1 atom stereocenters. The van der Waals surface area contributed by atoms with Gasteiger partial charge in [0.1, 0.15) is 25.0 Å². The molecule has 0 saturated carbocycles. The van der Waals surface area contributed by atoms with Crippen molar-refractivity contribution in [1.82, 2.24) is 5.32 Å². The molecule has 1 N–H and O–H groups in total. The van der Waals surface area contributed by atoms with Gasteiger partial charge in [0.25, 0.3) is 0 Å². The first-order valence-electron chi connectivity index (χ1n) is 10.8. The zero-order valence-corrected chi connectivity index (χ0v) is 18.5. The predicted octanol–water partition coefficient (Wildman–Crippen LogP) is 4.69. The van der Waals surface area contributed by atoms with E-state index in [9.17, 15) is 9.59 Å². The van der Waals surface area contributed by atoms with E-state index in [2.05, 4.69) is 5.32 Å². The van der Waals surface area contributed by atoms with Gasteiger partial charge >= 0.3 is 5.97 Å². The lowest BCUT2D eigenvalue weighted by molar-refractivity contribution is -0.149. The molecule has 3 aromatic rings. The molecule has 0 radical (unpaired) electrons. The van der Waals surface area contributed by atoms with E-state index in [1.807, 2.05) is 84.9 Å². The molecule has 1 amide bonds. The van der Waals surface area contributed by atoms with E-state index in [1.54, 1.807) is 13.8 Å². The predicted molar refractivity (Wildman–Crippen MR) is 124 cm³/mol. The SMILES string of the molecule is CC(C)C(=O)N[C@@H](Cc1ccc(OCc2ccccc2)cc1)C(=O)OCc1ccccc1. The fraction of sp³-hybridized carbons (Fsp3) is 0.259. The average molecular weight is 432 g/mol. The van der Waals surface area contributed by atoms with Crippen molar-refractivity contribution in [1.29, 1.82) is 0 Å². The highest BCUT2D eigenvalue weighted by Gasteiger charge is 2.24. The molecule has 0 aliphatic heterocycles. The van der Waals surface area contributed by atoms with Crippen molar-refractivity contribution in [3.8, 4) is 5.75 Å². The minimum Gasteiger partial charge on any atom is -0.489 e. The Hall–Kier alpha value is -3.60. The number of carbonyl (C=O) groups is 2. The van der Waals surface area contributed by atoms with Crippen LogP contribution in [0.25, 0.3) is 0 Å². The number of carbonyl (C=O) groups excluding carboxylic acids is 2. The maximum atomic E-state index is 12.7. The molecule has 5 heteroatoms. The van der Waals surface area contributed by atoms with Gasteiger partial charge in [0.15, 0.2) is 0 Å². The van der Waals surface area contributed by atoms with Crippen LogP contribution >= 0.6 is 0 Å². The molecule has 166 valence electrons. The van der Waals surface area contributed by atoms with Crippen LogP contribution in [0.4, 0.5) is 0 Å². The molecule has 5 nitrogen and oxygen atoms in total. The highest BCUT2D eigenvalue weighted by molar-refractivity contribution is 5.85. The highest BCUT2D eigenvalue weighted by Crippen LogP contribution is 2.16. The summed E-state index contributed by atoms with van der Waals surface area (Å²) in [7, 11) is 0. The fourth-order valence-corrected chi connectivity index (χ4v) is 3.06. The molecule has 32 heavy (non-hydrogen) atoms. The maximum Gasteiger partial charge on any atom is 0.329 e. The molecule has 0 bridgehead atoms. The van der Waals surface area contributed by atoms with E-state index in [0.717, 1.165) is 22.4 Å². The van der Waals surface area contributed by atoms with Crippen LogP contribution in [0, 0.1) is 5.92 Å². The number of hydrogen-bond acceptors (Lipinski definition) is 4. The van der Waals surface area contributed by atoms with Crippen molar-refractivity contribution in [2.45, 2.75) is 39.5 Å². The molecule has 0 aromatic heterocycles. The first-order valence-corrected chi connectivity index (χ1v) is 10.8. The van der Waals surface area contributed by atoms with Crippen molar-refractivity contribution in [2.75, 3.05) is 0 Å². The van der Waals surface area contributed by atoms with Crippen LogP contribution in [-0.2, 0) is 34.0 Å². The third kappa shape index (κ3) is 7.27. The number of rotatable bonds is 10. The minimum atomic E-state index is -0.760. The van der Waals surface area contributed by atoms with Crippen LogP contribution in [-0.4, -0.2) is 17.9 Å². The lowest BCUT2D eigenvalue weighted by Gasteiger charge is -2.19. The summed E-state index contributed by atoms with van der Waals surface area (Å²) in [6.07, 6.45) is 0.338. The number of esters is 1. The minimum absolute atomic E-state index is 0.167. The number of amides is 1. The summed E-state index contributed by atoms with van der Waals surface area (Å²) in [6.45, 7) is 4.24. The van der Waals surface area contributed by atoms with Crippen molar-refractivity contribution in [3.63, 3.8) is 0 Å². The molecule has 0 fully saturated rings. The number of hydrogen-bond donors (Lipinski definition) is 1. The monoisotopic (exact) mass is 431 g/mol. The highest BCUT2D eigenvalue weighted by atomic mass is 16.5. The average Bonchev–Trinajstić information content (AvgIpc) is 2.83. The molecule has 0 aliphatic rings. The molecule has 3 rings (SSSR count). The number of nitrogens with one attached hydrogen (secondary N) is 1. The van der Waals surface area contributed by atoms with Crippen molar-refractivity contribution < 1.29 is 19.1 Å². The van der Waals surface area contributed by atoms with Gasteiger partial charge in [-0.3, -0.25) is 4.79 Å². The van der Waals surface area contributed by atoms with E-state index in [4.69, 9.17) is 9.47 Å². The lowest BCUT2D eigenvalue weighted by atomic mass is 10.0. The van der Waals surface area contributed by atoms with Gasteiger partial charge in [-0.25, -0.2) is 4.79 Å². The van der Waals surface area contributed by atoms with E-state index in [0.29, 0.717) is 13.0 Å². The number of benzene rings is 3. The third-order valence-electron chi connectivity index (χ3n) is 4.96. The van der Waals surface area contributed by atoms with Gasteiger partial charge in [-0.15, -0.1) is 0 Å². The Bertz CT molecular complexity index is 985. The van der Waals surface area contributed by atoms with Gasteiger partial charge < -0.3 is 14.8 Å². The summed E-state index contributed by atoms with van der Waals surface area (Å²) >= 11 is 0. The van der Waals surface area contributed by atoms with Crippen LogP contribution < -0.4 is 10.1 Å². The molecule has 0 aliphatic carbocycles. The van der Waals surface area contributed by atoms with E-state index in [-0.39, 0.29) is 18.4 Å².